The van der Waals surface area contributed by atoms with Gasteiger partial charge in [-0.2, -0.15) is 0 Å². The summed E-state index contributed by atoms with van der Waals surface area (Å²) in [5.41, 5.74) is 0.740. The van der Waals surface area contributed by atoms with Crippen LogP contribution in [0.1, 0.15) is 21.9 Å². The van der Waals surface area contributed by atoms with Gasteiger partial charge in [0.1, 0.15) is 11.6 Å². The fraction of sp³-hybridized carbons (Fsp3) is 0. The Morgan fingerprint density at radius 2 is 1.88 bits per heavy atom. The quantitative estimate of drug-likeness (QED) is 0.736. The molecule has 0 atom stereocenters. The van der Waals surface area contributed by atoms with Crippen molar-refractivity contribution in [2.75, 3.05) is 0 Å². The minimum Gasteiger partial charge on any atom is -0.454 e. The number of rotatable bonds is 3. The molecular weight excluding hydrogens is 207 g/mol. The maximum absolute atomic E-state index is 12.8. The van der Waals surface area contributed by atoms with Crippen molar-refractivity contribution in [3.63, 3.8) is 0 Å². The van der Waals surface area contributed by atoms with Crippen LogP contribution < -0.4 is 0 Å². The van der Waals surface area contributed by atoms with Crippen molar-refractivity contribution in [3.05, 3.63) is 59.3 Å². The summed E-state index contributed by atoms with van der Waals surface area (Å²) in [5.74, 6) is 0.556. The summed E-state index contributed by atoms with van der Waals surface area (Å²) in [4.78, 5) is 10.4. The Morgan fingerprint density at radius 1 is 1.06 bits per heavy atom. The van der Waals surface area contributed by atoms with Crippen molar-refractivity contribution < 1.29 is 13.6 Å². The third-order valence-corrected chi connectivity index (χ3v) is 2.05. The molecule has 2 rings (SSSR count). The van der Waals surface area contributed by atoms with E-state index in [9.17, 15) is 9.18 Å². The summed E-state index contributed by atoms with van der Waals surface area (Å²) in [7, 11) is 0. The minimum absolute atomic E-state index is 0.277. The standard InChI is InChI=1S/C13H9FO2/c14-11-3-1-2-10(8-11)4-5-12-6-7-13(9-15)16-12/h1-9H/b5-4+. The first-order valence-corrected chi connectivity index (χ1v) is 4.76. The highest BCUT2D eigenvalue weighted by Crippen LogP contribution is 2.11. The monoisotopic (exact) mass is 216 g/mol. The Labute approximate surface area is 92.0 Å². The molecule has 0 aliphatic rings. The Hall–Kier alpha value is -2.16. The van der Waals surface area contributed by atoms with Crippen LogP contribution >= 0.6 is 0 Å². The molecule has 0 aliphatic carbocycles. The summed E-state index contributed by atoms with van der Waals surface area (Å²) >= 11 is 0. The molecule has 80 valence electrons. The zero-order chi connectivity index (χ0) is 11.4. The topological polar surface area (TPSA) is 30.2 Å². The summed E-state index contributed by atoms with van der Waals surface area (Å²) < 4.78 is 18.0. The van der Waals surface area contributed by atoms with Gasteiger partial charge in [0.25, 0.3) is 0 Å². The predicted molar refractivity (Wildman–Crippen MR) is 59.4 cm³/mol. The fourth-order valence-electron chi connectivity index (χ4n) is 1.31. The van der Waals surface area contributed by atoms with Gasteiger partial charge in [0.05, 0.1) is 0 Å². The average Bonchev–Trinajstić information content (AvgIpc) is 2.74. The van der Waals surface area contributed by atoms with Crippen LogP contribution in [0.2, 0.25) is 0 Å². The number of hydrogen-bond acceptors (Lipinski definition) is 2. The van der Waals surface area contributed by atoms with Gasteiger partial charge in [0, 0.05) is 0 Å². The number of furan rings is 1. The summed E-state index contributed by atoms with van der Waals surface area (Å²) in [6, 6.07) is 9.48. The van der Waals surface area contributed by atoms with Gasteiger partial charge in [0.2, 0.25) is 0 Å². The molecule has 0 fully saturated rings. The predicted octanol–water partition coefficient (Wildman–Crippen LogP) is 3.40. The van der Waals surface area contributed by atoms with E-state index >= 15 is 0 Å². The maximum Gasteiger partial charge on any atom is 0.185 e. The van der Waals surface area contributed by atoms with E-state index in [4.69, 9.17) is 4.42 Å². The number of carbonyl (C=O) groups excluding carboxylic acids is 1. The van der Waals surface area contributed by atoms with E-state index in [1.165, 1.54) is 12.1 Å². The highest BCUT2D eigenvalue weighted by molar-refractivity contribution is 5.73. The van der Waals surface area contributed by atoms with E-state index in [-0.39, 0.29) is 11.6 Å². The van der Waals surface area contributed by atoms with Crippen molar-refractivity contribution in [2.45, 2.75) is 0 Å². The second-order valence-corrected chi connectivity index (χ2v) is 3.25. The van der Waals surface area contributed by atoms with E-state index in [2.05, 4.69) is 0 Å². The van der Waals surface area contributed by atoms with Crippen molar-refractivity contribution >= 4 is 18.4 Å². The molecule has 0 N–H and O–H groups in total. The number of hydrogen-bond donors (Lipinski definition) is 0. The minimum atomic E-state index is -0.282. The molecule has 0 bridgehead atoms. The summed E-state index contributed by atoms with van der Waals surface area (Å²) in [5, 5.41) is 0. The molecule has 2 aromatic rings. The van der Waals surface area contributed by atoms with Crippen LogP contribution in [0.25, 0.3) is 12.2 Å². The van der Waals surface area contributed by atoms with Gasteiger partial charge in [-0.1, -0.05) is 18.2 Å². The van der Waals surface area contributed by atoms with Crippen molar-refractivity contribution in [1.82, 2.24) is 0 Å². The third-order valence-electron chi connectivity index (χ3n) is 2.05. The van der Waals surface area contributed by atoms with E-state index in [1.54, 1.807) is 36.4 Å². The van der Waals surface area contributed by atoms with Crippen LogP contribution in [-0.4, -0.2) is 6.29 Å². The molecule has 2 nitrogen and oxygen atoms in total. The van der Waals surface area contributed by atoms with Gasteiger partial charge in [-0.3, -0.25) is 4.79 Å². The van der Waals surface area contributed by atoms with Crippen molar-refractivity contribution in [1.29, 1.82) is 0 Å². The third kappa shape index (κ3) is 2.45. The highest BCUT2D eigenvalue weighted by Gasteiger charge is 1.96. The molecular formula is C13H9FO2. The summed E-state index contributed by atoms with van der Waals surface area (Å²) in [6.45, 7) is 0. The Balaban J connectivity index is 2.17. The lowest BCUT2D eigenvalue weighted by Crippen LogP contribution is -1.75. The maximum atomic E-state index is 12.8. The van der Waals surface area contributed by atoms with Gasteiger partial charge in [-0.15, -0.1) is 0 Å². The molecule has 1 heterocycles. The number of carbonyl (C=O) groups is 1. The van der Waals surface area contributed by atoms with Gasteiger partial charge < -0.3 is 4.42 Å². The molecule has 0 radical (unpaired) electrons. The second kappa shape index (κ2) is 4.57. The molecule has 0 amide bonds. The molecule has 0 spiro atoms. The molecule has 3 heteroatoms. The first-order valence-electron chi connectivity index (χ1n) is 4.76. The normalized spacial score (nSPS) is 10.8. The lowest BCUT2D eigenvalue weighted by molar-refractivity contribution is 0.110. The van der Waals surface area contributed by atoms with Crippen molar-refractivity contribution in [3.8, 4) is 0 Å². The Kier molecular flexibility index (Phi) is 2.96. The van der Waals surface area contributed by atoms with Gasteiger partial charge in [0.15, 0.2) is 12.0 Å². The lowest BCUT2D eigenvalue weighted by atomic mass is 10.2. The molecule has 0 aliphatic heterocycles. The van der Waals surface area contributed by atoms with Crippen LogP contribution in [0.15, 0.2) is 40.8 Å². The molecule has 1 aromatic heterocycles. The second-order valence-electron chi connectivity index (χ2n) is 3.25. The van der Waals surface area contributed by atoms with Crippen LogP contribution in [-0.2, 0) is 0 Å². The van der Waals surface area contributed by atoms with Gasteiger partial charge in [-0.25, -0.2) is 4.39 Å². The first-order chi connectivity index (χ1) is 7.78. The SMILES string of the molecule is O=Cc1ccc(/C=C/c2cccc(F)c2)o1. The molecule has 0 saturated carbocycles. The van der Waals surface area contributed by atoms with Crippen LogP contribution in [0, 0.1) is 5.82 Å². The first kappa shape index (κ1) is 10.4. The molecule has 16 heavy (non-hydrogen) atoms. The van der Waals surface area contributed by atoms with Crippen LogP contribution in [0.5, 0.6) is 0 Å². The molecule has 0 saturated heterocycles. The van der Waals surface area contributed by atoms with E-state index in [0.29, 0.717) is 12.0 Å². The number of aldehydes is 1. The molecule has 0 unspecified atom stereocenters. The zero-order valence-corrected chi connectivity index (χ0v) is 8.39. The van der Waals surface area contributed by atoms with E-state index < -0.39 is 0 Å². The van der Waals surface area contributed by atoms with Crippen LogP contribution in [0.3, 0.4) is 0 Å². The fourth-order valence-corrected chi connectivity index (χ4v) is 1.31. The van der Waals surface area contributed by atoms with E-state index in [0.717, 1.165) is 5.56 Å². The lowest BCUT2D eigenvalue weighted by Gasteiger charge is -1.92. The Bertz CT molecular complexity index is 526. The van der Waals surface area contributed by atoms with Crippen molar-refractivity contribution in [2.24, 2.45) is 0 Å². The number of benzene rings is 1. The largest absolute Gasteiger partial charge is 0.454 e. The summed E-state index contributed by atoms with van der Waals surface area (Å²) in [6.07, 6.45) is 4.04. The van der Waals surface area contributed by atoms with E-state index in [1.807, 2.05) is 0 Å². The average molecular weight is 216 g/mol. The van der Waals surface area contributed by atoms with Crippen LogP contribution in [0.4, 0.5) is 4.39 Å². The smallest absolute Gasteiger partial charge is 0.185 e. The number of halogens is 1. The Morgan fingerprint density at radius 3 is 2.56 bits per heavy atom. The highest BCUT2D eigenvalue weighted by atomic mass is 19.1. The molecule has 1 aromatic carbocycles. The zero-order valence-electron chi connectivity index (χ0n) is 8.39. The van der Waals surface area contributed by atoms with Gasteiger partial charge >= 0.3 is 0 Å². The van der Waals surface area contributed by atoms with Gasteiger partial charge in [-0.05, 0) is 35.9 Å².